The van der Waals surface area contributed by atoms with Gasteiger partial charge in [0.05, 0.1) is 0 Å². The number of nitrogens with zero attached hydrogens (tertiary/aromatic N) is 2. The molecule has 1 saturated heterocycles. The molecule has 1 heterocycles. The van der Waals surface area contributed by atoms with E-state index < -0.39 is 0 Å². The minimum atomic E-state index is 0.202. The van der Waals surface area contributed by atoms with Crippen LogP contribution in [0.3, 0.4) is 0 Å². The summed E-state index contributed by atoms with van der Waals surface area (Å²) < 4.78 is 0. The number of likely N-dealkylation sites (N-methyl/N-ethyl adjacent to an activating group) is 1. The van der Waals surface area contributed by atoms with E-state index in [2.05, 4.69) is 11.9 Å². The fraction of sp³-hybridized carbons (Fsp3) is 0.833. The van der Waals surface area contributed by atoms with Crippen molar-refractivity contribution in [3.05, 3.63) is 0 Å². The largest absolute Gasteiger partial charge is 0.349 e. The smallest absolute Gasteiger partial charge is 0.215 e. The lowest BCUT2D eigenvalue weighted by atomic mass is 10.1. The number of rotatable bonds is 0. The van der Waals surface area contributed by atoms with E-state index in [9.17, 15) is 4.79 Å². The predicted octanol–water partition coefficient (Wildman–Crippen LogP) is -1.01. The Balaban J connectivity index is 2.33. The average Bonchev–Trinajstić information content (AvgIpc) is 1.88. The van der Waals surface area contributed by atoms with Crippen molar-refractivity contribution in [3.8, 4) is 0 Å². The molecule has 0 aromatic carbocycles. The summed E-state index contributed by atoms with van der Waals surface area (Å²) in [6.45, 7) is 3.82. The van der Waals surface area contributed by atoms with Gasteiger partial charge in [-0.25, -0.2) is 0 Å². The molecule has 1 fully saturated rings. The van der Waals surface area contributed by atoms with Gasteiger partial charge in [-0.05, 0) is 7.05 Å². The average molecular weight is 140 g/mol. The van der Waals surface area contributed by atoms with Crippen molar-refractivity contribution in [1.29, 1.82) is 0 Å². The van der Waals surface area contributed by atoms with Gasteiger partial charge in [-0.2, -0.15) is 0 Å². The Morgan fingerprint density at radius 2 is 1.80 bits per heavy atom. The maximum atomic E-state index is 10.8. The van der Waals surface area contributed by atoms with Crippen LogP contribution in [0.5, 0.6) is 0 Å². The second-order valence-electron chi connectivity index (χ2n) is 2.81. The van der Waals surface area contributed by atoms with Crippen LogP contribution < -0.4 is 0 Å². The molecule has 0 aromatic rings. The highest BCUT2D eigenvalue weighted by Gasteiger charge is 2.14. The first-order chi connectivity index (χ1) is 4.70. The Kier molecular flexibility index (Phi) is 2.32. The molecule has 0 radical (unpaired) electrons. The Morgan fingerprint density at radius 3 is 2.20 bits per heavy atom. The van der Waals surface area contributed by atoms with Crippen molar-refractivity contribution < 1.29 is 4.79 Å². The standard InChI is InChI=1S/C6H13BN2O/c1-8-2-4-9(5-3-8)6(7)10/h2-5,7H2,1H3. The van der Waals surface area contributed by atoms with Gasteiger partial charge in [0.2, 0.25) is 7.85 Å². The zero-order valence-corrected chi connectivity index (χ0v) is 6.63. The topological polar surface area (TPSA) is 23.6 Å². The van der Waals surface area contributed by atoms with Crippen LogP contribution in [0.2, 0.25) is 0 Å². The van der Waals surface area contributed by atoms with Gasteiger partial charge in [-0.3, -0.25) is 4.79 Å². The molecule has 0 atom stereocenters. The SMILES string of the molecule is BC(=O)N1CCN(C)CC1. The molecule has 4 heteroatoms. The first kappa shape index (κ1) is 7.60. The minimum Gasteiger partial charge on any atom is -0.349 e. The molecule has 10 heavy (non-hydrogen) atoms. The van der Waals surface area contributed by atoms with Crippen LogP contribution in [0.15, 0.2) is 0 Å². The molecule has 0 aromatic heterocycles. The summed E-state index contributed by atoms with van der Waals surface area (Å²) in [6.07, 6.45) is 0. The van der Waals surface area contributed by atoms with Gasteiger partial charge in [0, 0.05) is 26.2 Å². The van der Waals surface area contributed by atoms with Gasteiger partial charge < -0.3 is 9.80 Å². The van der Waals surface area contributed by atoms with Gasteiger partial charge in [0.15, 0.2) is 5.81 Å². The van der Waals surface area contributed by atoms with E-state index >= 15 is 0 Å². The third-order valence-corrected chi connectivity index (χ3v) is 1.95. The van der Waals surface area contributed by atoms with Crippen LogP contribution in [0, 0.1) is 0 Å². The fourth-order valence-electron chi connectivity index (χ4n) is 1.12. The first-order valence-corrected chi connectivity index (χ1v) is 3.64. The Hall–Kier alpha value is -0.505. The second-order valence-corrected chi connectivity index (χ2v) is 2.81. The minimum absolute atomic E-state index is 0.202. The molecule has 1 aliphatic heterocycles. The van der Waals surface area contributed by atoms with Gasteiger partial charge in [0.1, 0.15) is 0 Å². The van der Waals surface area contributed by atoms with Crippen LogP contribution in [0.1, 0.15) is 0 Å². The second kappa shape index (κ2) is 3.06. The number of hydrogen-bond donors (Lipinski definition) is 0. The van der Waals surface area contributed by atoms with Gasteiger partial charge in [-0.1, -0.05) is 0 Å². The molecule has 56 valence electrons. The van der Waals surface area contributed by atoms with Crippen LogP contribution in [0.4, 0.5) is 4.79 Å². The lowest BCUT2D eigenvalue weighted by molar-refractivity contribution is 0.171. The van der Waals surface area contributed by atoms with Crippen molar-refractivity contribution in [2.75, 3.05) is 33.2 Å². The Labute approximate surface area is 62.4 Å². The summed E-state index contributed by atoms with van der Waals surface area (Å²) in [4.78, 5) is 14.9. The van der Waals surface area contributed by atoms with Crippen molar-refractivity contribution in [3.63, 3.8) is 0 Å². The zero-order chi connectivity index (χ0) is 7.56. The first-order valence-electron chi connectivity index (χ1n) is 3.64. The Morgan fingerprint density at radius 1 is 1.30 bits per heavy atom. The Bertz CT molecular complexity index is 132. The number of piperazine rings is 1. The van der Waals surface area contributed by atoms with Gasteiger partial charge in [-0.15, -0.1) is 0 Å². The molecule has 0 saturated carbocycles. The highest BCUT2D eigenvalue weighted by molar-refractivity contribution is 6.56. The molecule has 0 spiro atoms. The molecule has 0 aliphatic carbocycles. The molecule has 3 nitrogen and oxygen atoms in total. The summed E-state index contributed by atoms with van der Waals surface area (Å²) in [6, 6.07) is 0. The van der Waals surface area contributed by atoms with E-state index in [0.29, 0.717) is 0 Å². The molecular weight excluding hydrogens is 127 g/mol. The summed E-state index contributed by atoms with van der Waals surface area (Å²) in [7, 11) is 3.71. The normalized spacial score (nSPS) is 21.1. The quantitative estimate of drug-likeness (QED) is 0.402. The van der Waals surface area contributed by atoms with Crippen LogP contribution in [0.25, 0.3) is 0 Å². The van der Waals surface area contributed by atoms with Gasteiger partial charge >= 0.3 is 0 Å². The predicted molar refractivity (Wildman–Crippen MR) is 43.0 cm³/mol. The van der Waals surface area contributed by atoms with Crippen molar-refractivity contribution in [2.45, 2.75) is 0 Å². The molecule has 0 unspecified atom stereocenters. The lowest BCUT2D eigenvalue weighted by Crippen LogP contribution is -2.46. The van der Waals surface area contributed by atoms with Crippen LogP contribution >= 0.6 is 0 Å². The van der Waals surface area contributed by atoms with Crippen molar-refractivity contribution in [1.82, 2.24) is 9.80 Å². The summed E-state index contributed by atoms with van der Waals surface area (Å²) in [5.41, 5.74) is 0. The van der Waals surface area contributed by atoms with E-state index in [0.717, 1.165) is 26.2 Å². The molecule has 1 amide bonds. The van der Waals surface area contributed by atoms with Gasteiger partial charge in [0.25, 0.3) is 0 Å². The highest BCUT2D eigenvalue weighted by Crippen LogP contribution is 1.97. The fourth-order valence-corrected chi connectivity index (χ4v) is 1.12. The van der Waals surface area contributed by atoms with E-state index in [1.165, 1.54) is 0 Å². The van der Waals surface area contributed by atoms with Crippen LogP contribution in [-0.4, -0.2) is 56.7 Å². The molecule has 0 N–H and O–H groups in total. The van der Waals surface area contributed by atoms with Crippen molar-refractivity contribution >= 4 is 13.7 Å². The zero-order valence-electron chi connectivity index (χ0n) is 6.63. The number of carbonyl (C=O) groups excluding carboxylic acids is 1. The molecule has 1 rings (SSSR count). The summed E-state index contributed by atoms with van der Waals surface area (Å²) >= 11 is 0. The van der Waals surface area contributed by atoms with E-state index in [-0.39, 0.29) is 5.81 Å². The highest BCUT2D eigenvalue weighted by atomic mass is 16.1. The maximum Gasteiger partial charge on any atom is 0.215 e. The number of amides is 1. The monoisotopic (exact) mass is 140 g/mol. The van der Waals surface area contributed by atoms with E-state index in [1.807, 2.05) is 4.90 Å². The molecule has 1 aliphatic rings. The summed E-state index contributed by atoms with van der Waals surface area (Å²) in [5, 5.41) is 0. The number of hydrogen-bond acceptors (Lipinski definition) is 2. The maximum absolute atomic E-state index is 10.8. The van der Waals surface area contributed by atoms with E-state index in [4.69, 9.17) is 0 Å². The lowest BCUT2D eigenvalue weighted by Gasteiger charge is -2.31. The van der Waals surface area contributed by atoms with Crippen LogP contribution in [-0.2, 0) is 0 Å². The molecule has 0 bridgehead atoms. The third kappa shape index (κ3) is 1.74. The summed E-state index contributed by atoms with van der Waals surface area (Å²) in [5.74, 6) is 0.202. The van der Waals surface area contributed by atoms with E-state index in [1.54, 1.807) is 7.85 Å². The molecular formula is C6H13BN2O. The number of carbonyl (C=O) groups is 1. The van der Waals surface area contributed by atoms with Crippen molar-refractivity contribution in [2.24, 2.45) is 0 Å². The third-order valence-electron chi connectivity index (χ3n) is 1.95.